The lowest BCUT2D eigenvalue weighted by Crippen LogP contribution is -2.25. The zero-order valence-electron chi connectivity index (χ0n) is 10.8. The third kappa shape index (κ3) is 5.00. The number of nitro groups is 1. The Morgan fingerprint density at radius 2 is 2.30 bits per heavy atom. The number of carboxylic acid groups (broad SMARTS) is 1. The molecule has 0 aliphatic carbocycles. The van der Waals surface area contributed by atoms with Crippen LogP contribution in [0.2, 0.25) is 0 Å². The van der Waals surface area contributed by atoms with E-state index in [1.807, 2.05) is 0 Å². The van der Waals surface area contributed by atoms with E-state index < -0.39 is 11.0 Å². The maximum Gasteiger partial charge on any atom is 0.407 e. The minimum atomic E-state index is -0.990. The summed E-state index contributed by atoms with van der Waals surface area (Å²) in [6.07, 6.45) is 1.61. The van der Waals surface area contributed by atoms with Gasteiger partial charge in [0.25, 0.3) is 5.88 Å². The van der Waals surface area contributed by atoms with E-state index in [-0.39, 0.29) is 18.2 Å². The van der Waals surface area contributed by atoms with Gasteiger partial charge in [-0.1, -0.05) is 0 Å². The monoisotopic (exact) mass is 347 g/mol. The van der Waals surface area contributed by atoms with E-state index >= 15 is 0 Å². The number of nitrogens with zero attached hydrogens (tertiary/aromatic N) is 3. The van der Waals surface area contributed by atoms with E-state index in [2.05, 4.69) is 20.9 Å². The van der Waals surface area contributed by atoms with Crippen molar-refractivity contribution >= 4 is 27.7 Å². The van der Waals surface area contributed by atoms with Gasteiger partial charge in [-0.3, -0.25) is 10.1 Å². The summed E-state index contributed by atoms with van der Waals surface area (Å²) in [4.78, 5) is 25.8. The molecule has 0 saturated carbocycles. The van der Waals surface area contributed by atoms with Crippen molar-refractivity contribution in [3.63, 3.8) is 0 Å². The number of carbonyl (C=O) groups is 1. The molecule has 1 N–H and O–H groups in total. The average molecular weight is 348 g/mol. The number of aromatic nitrogens is 1. The largest absolute Gasteiger partial charge is 0.473 e. The summed E-state index contributed by atoms with van der Waals surface area (Å²) >= 11 is 3.10. The summed E-state index contributed by atoms with van der Waals surface area (Å²) in [5, 5.41) is 19.5. The first-order valence-electron chi connectivity index (χ1n) is 5.78. The number of hydrogen-bond acceptors (Lipinski definition) is 5. The summed E-state index contributed by atoms with van der Waals surface area (Å²) in [5.74, 6) is -0.0372. The lowest BCUT2D eigenvalue weighted by Gasteiger charge is -2.12. The Labute approximate surface area is 123 Å². The lowest BCUT2D eigenvalue weighted by molar-refractivity contribution is -0.386. The Hall–Kier alpha value is -1.90. The zero-order chi connectivity index (χ0) is 15.1. The van der Waals surface area contributed by atoms with Crippen LogP contribution in [-0.4, -0.2) is 46.2 Å². The molecular weight excluding hydrogens is 334 g/mol. The molecule has 8 nitrogen and oxygen atoms in total. The van der Waals surface area contributed by atoms with Crippen molar-refractivity contribution in [2.75, 3.05) is 20.2 Å². The SMILES string of the molecule is CN(CCCCOc1ncc(Br)cc1[N+](=O)[O-])C(=O)O. The molecule has 1 aromatic heterocycles. The molecule has 0 unspecified atom stereocenters. The highest BCUT2D eigenvalue weighted by molar-refractivity contribution is 9.10. The first-order valence-corrected chi connectivity index (χ1v) is 6.58. The molecule has 0 bridgehead atoms. The highest BCUT2D eigenvalue weighted by Crippen LogP contribution is 2.27. The summed E-state index contributed by atoms with van der Waals surface area (Å²) in [5.41, 5.74) is -0.206. The molecule has 110 valence electrons. The molecule has 0 aromatic carbocycles. The van der Waals surface area contributed by atoms with E-state index in [0.717, 1.165) is 0 Å². The van der Waals surface area contributed by atoms with E-state index in [9.17, 15) is 14.9 Å². The number of rotatable bonds is 7. The Morgan fingerprint density at radius 3 is 2.90 bits per heavy atom. The lowest BCUT2D eigenvalue weighted by atomic mass is 10.3. The minimum Gasteiger partial charge on any atom is -0.473 e. The van der Waals surface area contributed by atoms with Crippen LogP contribution in [0.4, 0.5) is 10.5 Å². The van der Waals surface area contributed by atoms with Gasteiger partial charge in [0.1, 0.15) is 0 Å². The normalized spacial score (nSPS) is 10.1. The van der Waals surface area contributed by atoms with Crippen molar-refractivity contribution in [3.8, 4) is 5.88 Å². The minimum absolute atomic E-state index is 0.0372. The summed E-state index contributed by atoms with van der Waals surface area (Å²) < 4.78 is 5.76. The van der Waals surface area contributed by atoms with Crippen LogP contribution in [0.1, 0.15) is 12.8 Å². The number of halogens is 1. The first-order chi connectivity index (χ1) is 9.41. The van der Waals surface area contributed by atoms with Crippen molar-refractivity contribution in [1.82, 2.24) is 9.88 Å². The molecule has 20 heavy (non-hydrogen) atoms. The zero-order valence-corrected chi connectivity index (χ0v) is 12.4. The number of pyridine rings is 1. The van der Waals surface area contributed by atoms with Gasteiger partial charge in [-0.2, -0.15) is 0 Å². The number of unbranched alkanes of at least 4 members (excludes halogenated alkanes) is 1. The van der Waals surface area contributed by atoms with Gasteiger partial charge in [-0.05, 0) is 28.8 Å². The standard InChI is InChI=1S/C11H14BrN3O5/c1-14(11(16)17)4-2-3-5-20-10-9(15(18)19)6-8(12)7-13-10/h6-7H,2-5H2,1H3,(H,16,17). The predicted octanol–water partition coefficient (Wildman–Crippen LogP) is 2.52. The van der Waals surface area contributed by atoms with E-state index in [1.165, 1.54) is 24.2 Å². The van der Waals surface area contributed by atoms with E-state index in [4.69, 9.17) is 9.84 Å². The Morgan fingerprint density at radius 1 is 1.60 bits per heavy atom. The van der Waals surface area contributed by atoms with Crippen molar-refractivity contribution in [2.45, 2.75) is 12.8 Å². The van der Waals surface area contributed by atoms with E-state index in [0.29, 0.717) is 23.9 Å². The second-order valence-electron chi connectivity index (χ2n) is 3.99. The number of amides is 1. The molecule has 0 aliphatic heterocycles. The summed E-state index contributed by atoms with van der Waals surface area (Å²) in [7, 11) is 1.48. The molecule has 0 spiro atoms. The third-order valence-electron chi connectivity index (χ3n) is 2.45. The molecule has 0 aliphatic rings. The van der Waals surface area contributed by atoms with Gasteiger partial charge in [0.2, 0.25) is 0 Å². The molecular formula is C11H14BrN3O5. The average Bonchev–Trinajstić information content (AvgIpc) is 2.39. The Bertz CT molecular complexity index is 497. The second kappa shape index (κ2) is 7.63. The summed E-state index contributed by atoms with van der Waals surface area (Å²) in [6.45, 7) is 0.623. The first kappa shape index (κ1) is 16.2. The van der Waals surface area contributed by atoms with Crippen LogP contribution in [0.15, 0.2) is 16.7 Å². The number of ether oxygens (including phenoxy) is 1. The highest BCUT2D eigenvalue weighted by atomic mass is 79.9. The molecule has 1 heterocycles. The van der Waals surface area contributed by atoms with Crippen LogP contribution in [0.25, 0.3) is 0 Å². The van der Waals surface area contributed by atoms with Gasteiger partial charge in [-0.25, -0.2) is 9.78 Å². The van der Waals surface area contributed by atoms with Gasteiger partial charge < -0.3 is 14.7 Å². The van der Waals surface area contributed by atoms with Crippen LogP contribution in [0, 0.1) is 10.1 Å². The molecule has 9 heteroatoms. The van der Waals surface area contributed by atoms with Crippen molar-refractivity contribution in [1.29, 1.82) is 0 Å². The second-order valence-corrected chi connectivity index (χ2v) is 4.91. The van der Waals surface area contributed by atoms with Crippen LogP contribution >= 0.6 is 15.9 Å². The van der Waals surface area contributed by atoms with Gasteiger partial charge in [0.05, 0.1) is 11.5 Å². The molecule has 0 fully saturated rings. The van der Waals surface area contributed by atoms with E-state index in [1.54, 1.807) is 0 Å². The smallest absolute Gasteiger partial charge is 0.407 e. The molecule has 0 saturated heterocycles. The molecule has 0 radical (unpaired) electrons. The van der Waals surface area contributed by atoms with Gasteiger partial charge in [-0.15, -0.1) is 0 Å². The van der Waals surface area contributed by atoms with Crippen molar-refractivity contribution in [3.05, 3.63) is 26.9 Å². The third-order valence-corrected chi connectivity index (χ3v) is 2.88. The Balaban J connectivity index is 2.43. The molecule has 1 aromatic rings. The van der Waals surface area contributed by atoms with Crippen LogP contribution < -0.4 is 4.74 Å². The maximum absolute atomic E-state index is 10.8. The fraction of sp³-hybridized carbons (Fsp3) is 0.455. The van der Waals surface area contributed by atoms with Gasteiger partial charge >= 0.3 is 11.8 Å². The topological polar surface area (TPSA) is 106 Å². The van der Waals surface area contributed by atoms with Crippen molar-refractivity contribution in [2.24, 2.45) is 0 Å². The quantitative estimate of drug-likeness (QED) is 0.461. The fourth-order valence-electron chi connectivity index (χ4n) is 1.37. The van der Waals surface area contributed by atoms with Crippen LogP contribution in [0.5, 0.6) is 5.88 Å². The maximum atomic E-state index is 10.8. The van der Waals surface area contributed by atoms with Crippen LogP contribution in [0.3, 0.4) is 0 Å². The van der Waals surface area contributed by atoms with Gasteiger partial charge in [0, 0.05) is 30.3 Å². The van der Waals surface area contributed by atoms with Crippen molar-refractivity contribution < 1.29 is 19.6 Å². The molecule has 1 rings (SSSR count). The molecule has 1 amide bonds. The molecule has 0 atom stereocenters. The van der Waals surface area contributed by atoms with Gasteiger partial charge in [0.15, 0.2) is 0 Å². The number of hydrogen-bond donors (Lipinski definition) is 1. The van der Waals surface area contributed by atoms with Crippen LogP contribution in [-0.2, 0) is 0 Å². The Kier molecular flexibility index (Phi) is 6.16. The highest BCUT2D eigenvalue weighted by Gasteiger charge is 2.17. The fourth-order valence-corrected chi connectivity index (χ4v) is 1.69. The summed E-state index contributed by atoms with van der Waals surface area (Å²) in [6, 6.07) is 1.32. The predicted molar refractivity (Wildman–Crippen MR) is 74.0 cm³/mol.